The Morgan fingerprint density at radius 3 is 2.52 bits per heavy atom. The van der Waals surface area contributed by atoms with Crippen LogP contribution in [0, 0.1) is 0 Å². The van der Waals surface area contributed by atoms with Gasteiger partial charge in [-0.25, -0.2) is 21.8 Å². The Morgan fingerprint density at radius 1 is 1.29 bits per heavy atom. The van der Waals surface area contributed by atoms with E-state index >= 15 is 0 Å². The molecule has 1 aliphatic rings. The maximum Gasteiger partial charge on any atom is 0.252 e. The molecule has 0 aromatic carbocycles. The van der Waals surface area contributed by atoms with Crippen molar-refractivity contribution in [1.29, 1.82) is 0 Å². The van der Waals surface area contributed by atoms with Crippen LogP contribution in [0.5, 0.6) is 0 Å². The molecule has 0 aliphatic carbocycles. The summed E-state index contributed by atoms with van der Waals surface area (Å²) in [6.07, 6.45) is 2.96. The highest BCUT2D eigenvalue weighted by molar-refractivity contribution is 7.93. The van der Waals surface area contributed by atoms with Gasteiger partial charge in [0, 0.05) is 32.5 Å². The normalized spacial score (nSPS) is 17.8. The molecule has 3 heterocycles. The zero-order valence-electron chi connectivity index (χ0n) is 11.1. The van der Waals surface area contributed by atoms with E-state index in [-0.39, 0.29) is 22.5 Å². The fraction of sp³-hybridized carbons (Fsp3) is 0.364. The van der Waals surface area contributed by atoms with Gasteiger partial charge >= 0.3 is 0 Å². The van der Waals surface area contributed by atoms with Crippen molar-refractivity contribution in [2.75, 3.05) is 13.1 Å². The van der Waals surface area contributed by atoms with Gasteiger partial charge in [0.05, 0.1) is 5.25 Å². The van der Waals surface area contributed by atoms with E-state index in [1.165, 1.54) is 21.1 Å². The van der Waals surface area contributed by atoms with Gasteiger partial charge in [0.25, 0.3) is 10.0 Å². The Balaban J connectivity index is 1.79. The SMILES string of the molecule is Cn1ccnc1S(=O)(=O)C1CN(S(=O)(=O)c2cccs2)C1. The molecule has 1 fully saturated rings. The third-order valence-corrected chi connectivity index (χ3v) is 8.66. The first-order valence-electron chi connectivity index (χ1n) is 6.08. The van der Waals surface area contributed by atoms with Gasteiger partial charge in [-0.1, -0.05) is 6.07 Å². The van der Waals surface area contributed by atoms with Crippen LogP contribution in [0.25, 0.3) is 0 Å². The Kier molecular flexibility index (Phi) is 3.43. The highest BCUT2D eigenvalue weighted by Gasteiger charge is 2.45. The summed E-state index contributed by atoms with van der Waals surface area (Å²) in [6, 6.07) is 3.17. The van der Waals surface area contributed by atoms with E-state index in [2.05, 4.69) is 4.98 Å². The molecule has 3 rings (SSSR count). The van der Waals surface area contributed by atoms with Crippen molar-refractivity contribution < 1.29 is 16.8 Å². The summed E-state index contributed by atoms with van der Waals surface area (Å²) in [5, 5.41) is 0.906. The van der Waals surface area contributed by atoms with E-state index in [1.54, 1.807) is 24.7 Å². The number of imidazole rings is 1. The van der Waals surface area contributed by atoms with E-state index in [4.69, 9.17) is 0 Å². The molecule has 0 bridgehead atoms. The third-order valence-electron chi connectivity index (χ3n) is 3.37. The molecule has 1 saturated heterocycles. The molecule has 2 aromatic heterocycles. The number of thiophene rings is 1. The fourth-order valence-electron chi connectivity index (χ4n) is 2.11. The highest BCUT2D eigenvalue weighted by atomic mass is 32.2. The first kappa shape index (κ1) is 14.7. The minimum Gasteiger partial charge on any atom is -0.325 e. The van der Waals surface area contributed by atoms with Gasteiger partial charge in [-0.15, -0.1) is 11.3 Å². The van der Waals surface area contributed by atoms with E-state index in [0.717, 1.165) is 11.3 Å². The van der Waals surface area contributed by atoms with Crippen LogP contribution in [0.3, 0.4) is 0 Å². The number of nitrogens with zero attached hydrogens (tertiary/aromatic N) is 3. The lowest BCUT2D eigenvalue weighted by molar-refractivity contribution is 0.309. The molecule has 0 spiro atoms. The second kappa shape index (κ2) is 4.90. The molecule has 114 valence electrons. The van der Waals surface area contributed by atoms with Gasteiger partial charge in [-0.3, -0.25) is 0 Å². The fourth-order valence-corrected chi connectivity index (χ4v) is 6.69. The molecule has 1 aliphatic heterocycles. The van der Waals surface area contributed by atoms with Gasteiger partial charge in [0.1, 0.15) is 4.21 Å². The molecule has 21 heavy (non-hydrogen) atoms. The van der Waals surface area contributed by atoms with Crippen LogP contribution in [0.1, 0.15) is 0 Å². The largest absolute Gasteiger partial charge is 0.325 e. The number of aryl methyl sites for hydroxylation is 1. The summed E-state index contributed by atoms with van der Waals surface area (Å²) in [7, 11) is -5.58. The lowest BCUT2D eigenvalue weighted by Crippen LogP contribution is -2.56. The standard InChI is InChI=1S/C11H13N3O4S3/c1-13-5-4-12-11(13)20(15,16)9-7-14(8-9)21(17,18)10-3-2-6-19-10/h2-6,9H,7-8H2,1H3. The van der Waals surface area contributed by atoms with Crippen molar-refractivity contribution >= 4 is 31.2 Å². The Morgan fingerprint density at radius 2 is 2.00 bits per heavy atom. The second-order valence-electron chi connectivity index (χ2n) is 4.74. The first-order chi connectivity index (χ1) is 9.83. The molecule has 0 unspecified atom stereocenters. The van der Waals surface area contributed by atoms with Crippen molar-refractivity contribution in [1.82, 2.24) is 13.9 Å². The van der Waals surface area contributed by atoms with Crippen LogP contribution < -0.4 is 0 Å². The number of sulfonamides is 1. The quantitative estimate of drug-likeness (QED) is 0.795. The molecule has 0 saturated carbocycles. The number of aromatic nitrogens is 2. The van der Waals surface area contributed by atoms with Crippen LogP contribution in [0.2, 0.25) is 0 Å². The van der Waals surface area contributed by atoms with Gasteiger partial charge in [0.2, 0.25) is 15.0 Å². The van der Waals surface area contributed by atoms with E-state index in [0.29, 0.717) is 0 Å². The van der Waals surface area contributed by atoms with Crippen molar-refractivity contribution in [2.45, 2.75) is 14.6 Å². The van der Waals surface area contributed by atoms with Crippen LogP contribution in [0.15, 0.2) is 39.3 Å². The lowest BCUT2D eigenvalue weighted by atomic mass is 10.3. The number of hydrogen-bond acceptors (Lipinski definition) is 6. The molecule has 7 nitrogen and oxygen atoms in total. The molecule has 0 amide bonds. The highest BCUT2D eigenvalue weighted by Crippen LogP contribution is 2.29. The number of rotatable bonds is 4. The zero-order valence-corrected chi connectivity index (χ0v) is 13.5. The van der Waals surface area contributed by atoms with Crippen LogP contribution in [-0.4, -0.2) is 49.0 Å². The lowest BCUT2D eigenvalue weighted by Gasteiger charge is -2.36. The van der Waals surface area contributed by atoms with E-state index in [9.17, 15) is 16.8 Å². The minimum atomic E-state index is -3.60. The summed E-state index contributed by atoms with van der Waals surface area (Å²) in [4.78, 5) is 3.84. The first-order valence-corrected chi connectivity index (χ1v) is 9.95. The predicted molar refractivity (Wildman–Crippen MR) is 77.3 cm³/mol. The van der Waals surface area contributed by atoms with Gasteiger partial charge in [-0.05, 0) is 11.4 Å². The second-order valence-corrected chi connectivity index (χ2v) is 9.98. The molecular formula is C11H13N3O4S3. The molecular weight excluding hydrogens is 334 g/mol. The smallest absolute Gasteiger partial charge is 0.252 e. The minimum absolute atomic E-state index is 0.0272. The van der Waals surface area contributed by atoms with Crippen molar-refractivity contribution in [3.63, 3.8) is 0 Å². The molecule has 2 aromatic rings. The van der Waals surface area contributed by atoms with Crippen molar-refractivity contribution in [2.24, 2.45) is 7.05 Å². The van der Waals surface area contributed by atoms with Crippen LogP contribution >= 0.6 is 11.3 Å². The summed E-state index contributed by atoms with van der Waals surface area (Å²) < 4.78 is 52.0. The van der Waals surface area contributed by atoms with Crippen molar-refractivity contribution in [3.8, 4) is 0 Å². The Bertz CT molecular complexity index is 846. The maximum absolute atomic E-state index is 12.4. The molecule has 10 heteroatoms. The summed E-state index contributed by atoms with van der Waals surface area (Å²) in [5.74, 6) is 0. The van der Waals surface area contributed by atoms with Crippen molar-refractivity contribution in [3.05, 3.63) is 29.9 Å². The zero-order chi connectivity index (χ0) is 15.3. The topological polar surface area (TPSA) is 89.3 Å². The summed E-state index contributed by atoms with van der Waals surface area (Å²) in [6.45, 7) is -0.0646. The molecule has 0 radical (unpaired) electrons. The monoisotopic (exact) mass is 347 g/mol. The van der Waals surface area contributed by atoms with Gasteiger partial charge in [-0.2, -0.15) is 4.31 Å². The average molecular weight is 347 g/mol. The third kappa shape index (κ3) is 2.31. The average Bonchev–Trinajstić information content (AvgIpc) is 2.95. The molecule has 0 atom stereocenters. The summed E-state index contributed by atoms with van der Waals surface area (Å²) in [5.41, 5.74) is 0. The molecule has 0 N–H and O–H groups in total. The van der Waals surface area contributed by atoms with E-state index < -0.39 is 25.1 Å². The van der Waals surface area contributed by atoms with Crippen LogP contribution in [-0.2, 0) is 26.9 Å². The summed E-state index contributed by atoms with van der Waals surface area (Å²) >= 11 is 1.12. The maximum atomic E-state index is 12.4. The van der Waals surface area contributed by atoms with Gasteiger partial charge in [0.15, 0.2) is 0 Å². The van der Waals surface area contributed by atoms with Crippen LogP contribution in [0.4, 0.5) is 0 Å². The Hall–Kier alpha value is -1.23. The predicted octanol–water partition coefficient (Wildman–Crippen LogP) is 0.328. The number of hydrogen-bond donors (Lipinski definition) is 0. The number of sulfone groups is 1. The van der Waals surface area contributed by atoms with E-state index in [1.807, 2.05) is 0 Å². The van der Waals surface area contributed by atoms with Gasteiger partial charge < -0.3 is 4.57 Å². The Labute approximate surface area is 126 Å².